The van der Waals surface area contributed by atoms with Crippen molar-refractivity contribution >= 4 is 21.7 Å². The molecular formula is C14H18BrNO. The van der Waals surface area contributed by atoms with Gasteiger partial charge in [-0.3, -0.25) is 4.79 Å². The van der Waals surface area contributed by atoms with E-state index >= 15 is 0 Å². The summed E-state index contributed by atoms with van der Waals surface area (Å²) in [5.41, 5.74) is 1.11. The van der Waals surface area contributed by atoms with Gasteiger partial charge >= 0.3 is 0 Å². The molecule has 1 aliphatic rings. The Morgan fingerprint density at radius 3 is 3.06 bits per heavy atom. The fraction of sp³-hybridized carbons (Fsp3) is 0.500. The normalized spacial score (nSPS) is 19.5. The summed E-state index contributed by atoms with van der Waals surface area (Å²) in [5.74, 6) is 1.07. The molecule has 92 valence electrons. The van der Waals surface area contributed by atoms with Gasteiger partial charge in [-0.15, -0.1) is 0 Å². The Labute approximate surface area is 111 Å². The van der Waals surface area contributed by atoms with Gasteiger partial charge in [-0.2, -0.15) is 0 Å². The summed E-state index contributed by atoms with van der Waals surface area (Å²) in [6.07, 6.45) is 3.56. The molecule has 1 fully saturated rings. The first-order valence-electron chi connectivity index (χ1n) is 6.21. The second-order valence-electron chi connectivity index (χ2n) is 4.74. The van der Waals surface area contributed by atoms with E-state index in [-0.39, 0.29) is 0 Å². The third-order valence-electron chi connectivity index (χ3n) is 3.28. The van der Waals surface area contributed by atoms with Gasteiger partial charge in [0.2, 0.25) is 0 Å². The molecule has 0 spiro atoms. The van der Waals surface area contributed by atoms with Crippen molar-refractivity contribution in [2.24, 2.45) is 5.92 Å². The van der Waals surface area contributed by atoms with Crippen LogP contribution < -0.4 is 5.32 Å². The Hall–Kier alpha value is -0.670. The van der Waals surface area contributed by atoms with Crippen molar-refractivity contribution in [3.63, 3.8) is 0 Å². The molecule has 0 amide bonds. The lowest BCUT2D eigenvalue weighted by Crippen LogP contribution is -2.11. The average molecular weight is 296 g/mol. The van der Waals surface area contributed by atoms with E-state index in [0.717, 1.165) is 36.0 Å². The summed E-state index contributed by atoms with van der Waals surface area (Å²) in [4.78, 5) is 11.8. The summed E-state index contributed by atoms with van der Waals surface area (Å²) in [6, 6.07) is 8.00. The number of hydrogen-bond donors (Lipinski definition) is 1. The van der Waals surface area contributed by atoms with Crippen LogP contribution in [-0.2, 0) is 11.2 Å². The van der Waals surface area contributed by atoms with Crippen LogP contribution in [0.25, 0.3) is 0 Å². The first kappa shape index (κ1) is 12.8. The van der Waals surface area contributed by atoms with Crippen molar-refractivity contribution in [2.45, 2.75) is 25.7 Å². The smallest absolute Gasteiger partial charge is 0.137 e. The van der Waals surface area contributed by atoms with E-state index in [1.54, 1.807) is 0 Å². The van der Waals surface area contributed by atoms with Gasteiger partial charge in [0.25, 0.3) is 0 Å². The number of carbonyl (C=O) groups is 1. The van der Waals surface area contributed by atoms with Gasteiger partial charge in [0.15, 0.2) is 0 Å². The lowest BCUT2D eigenvalue weighted by molar-refractivity contribution is -0.118. The number of benzene rings is 1. The maximum absolute atomic E-state index is 11.8. The van der Waals surface area contributed by atoms with Crippen LogP contribution in [0.15, 0.2) is 28.7 Å². The van der Waals surface area contributed by atoms with Gasteiger partial charge < -0.3 is 5.32 Å². The Balaban J connectivity index is 1.76. The first-order chi connectivity index (χ1) is 8.24. The third-order valence-corrected chi connectivity index (χ3v) is 3.78. The second-order valence-corrected chi connectivity index (χ2v) is 5.66. The number of hydrogen-bond acceptors (Lipinski definition) is 2. The van der Waals surface area contributed by atoms with E-state index in [4.69, 9.17) is 0 Å². The van der Waals surface area contributed by atoms with Crippen LogP contribution >= 0.6 is 15.9 Å². The van der Waals surface area contributed by atoms with Gasteiger partial charge in [0, 0.05) is 17.3 Å². The van der Waals surface area contributed by atoms with Gasteiger partial charge in [0.1, 0.15) is 5.78 Å². The quantitative estimate of drug-likeness (QED) is 0.905. The molecule has 1 aliphatic heterocycles. The summed E-state index contributed by atoms with van der Waals surface area (Å²) in [7, 11) is 0. The Morgan fingerprint density at radius 2 is 2.35 bits per heavy atom. The van der Waals surface area contributed by atoms with Crippen LogP contribution in [0.1, 0.15) is 24.8 Å². The molecule has 1 heterocycles. The minimum atomic E-state index is 0.356. The molecule has 0 aromatic heterocycles. The highest BCUT2D eigenvalue weighted by atomic mass is 79.9. The highest BCUT2D eigenvalue weighted by Gasteiger charge is 2.15. The molecule has 2 rings (SSSR count). The van der Waals surface area contributed by atoms with E-state index < -0.39 is 0 Å². The fourth-order valence-corrected chi connectivity index (χ4v) is 2.74. The van der Waals surface area contributed by atoms with E-state index in [0.29, 0.717) is 18.1 Å². The lowest BCUT2D eigenvalue weighted by Gasteiger charge is -2.07. The molecule has 0 bridgehead atoms. The van der Waals surface area contributed by atoms with E-state index in [1.165, 1.54) is 6.42 Å². The SMILES string of the molecule is O=C(CCC1CCNC1)Cc1cccc(Br)c1. The summed E-state index contributed by atoms with van der Waals surface area (Å²) < 4.78 is 1.04. The van der Waals surface area contributed by atoms with Crippen molar-refractivity contribution < 1.29 is 4.79 Å². The zero-order valence-electron chi connectivity index (χ0n) is 9.92. The number of halogens is 1. The van der Waals surface area contributed by atoms with Crippen LogP contribution in [0.2, 0.25) is 0 Å². The van der Waals surface area contributed by atoms with Crippen molar-refractivity contribution in [1.82, 2.24) is 5.32 Å². The summed E-state index contributed by atoms with van der Waals surface area (Å²) in [6.45, 7) is 2.20. The predicted octanol–water partition coefficient (Wildman–Crippen LogP) is 2.95. The molecule has 1 saturated heterocycles. The topological polar surface area (TPSA) is 29.1 Å². The third kappa shape index (κ3) is 4.25. The van der Waals surface area contributed by atoms with Gasteiger partial charge in [0.05, 0.1) is 0 Å². The second kappa shape index (κ2) is 6.31. The monoisotopic (exact) mass is 295 g/mol. The lowest BCUT2D eigenvalue weighted by atomic mass is 9.98. The number of Topliss-reactive ketones (excluding diaryl/α,β-unsaturated/α-hetero) is 1. The molecule has 1 atom stereocenters. The molecule has 1 unspecified atom stereocenters. The molecule has 2 nitrogen and oxygen atoms in total. The maximum atomic E-state index is 11.8. The molecule has 1 aromatic carbocycles. The molecular weight excluding hydrogens is 278 g/mol. The van der Waals surface area contributed by atoms with E-state index in [2.05, 4.69) is 21.2 Å². The molecule has 3 heteroatoms. The van der Waals surface area contributed by atoms with Gasteiger partial charge in [-0.1, -0.05) is 28.1 Å². The van der Waals surface area contributed by atoms with Crippen LogP contribution in [0, 0.1) is 5.92 Å². The number of rotatable bonds is 5. The summed E-state index contributed by atoms with van der Waals surface area (Å²) in [5, 5.41) is 3.34. The van der Waals surface area contributed by atoms with Crippen LogP contribution in [0.4, 0.5) is 0 Å². The summed E-state index contributed by atoms with van der Waals surface area (Å²) >= 11 is 3.43. The Bertz CT molecular complexity index is 386. The zero-order chi connectivity index (χ0) is 12.1. The van der Waals surface area contributed by atoms with Crippen LogP contribution in [0.3, 0.4) is 0 Å². The Kier molecular flexibility index (Phi) is 4.75. The zero-order valence-corrected chi connectivity index (χ0v) is 11.5. The van der Waals surface area contributed by atoms with E-state index in [9.17, 15) is 4.79 Å². The minimum absolute atomic E-state index is 0.356. The molecule has 1 aromatic rings. The van der Waals surface area contributed by atoms with Crippen molar-refractivity contribution in [3.05, 3.63) is 34.3 Å². The molecule has 0 radical (unpaired) electrons. The number of ketones is 1. The number of carbonyl (C=O) groups excluding carboxylic acids is 1. The van der Waals surface area contributed by atoms with E-state index in [1.807, 2.05) is 24.3 Å². The molecule has 17 heavy (non-hydrogen) atoms. The predicted molar refractivity (Wildman–Crippen MR) is 73.1 cm³/mol. The standard InChI is InChI=1S/C14H18BrNO/c15-13-3-1-2-12(8-13)9-14(17)5-4-11-6-7-16-10-11/h1-3,8,11,16H,4-7,9-10H2. The van der Waals surface area contributed by atoms with Crippen molar-refractivity contribution in [3.8, 4) is 0 Å². The van der Waals surface area contributed by atoms with Crippen molar-refractivity contribution in [2.75, 3.05) is 13.1 Å². The molecule has 0 saturated carbocycles. The Morgan fingerprint density at radius 1 is 1.47 bits per heavy atom. The largest absolute Gasteiger partial charge is 0.316 e. The molecule has 0 aliphatic carbocycles. The fourth-order valence-electron chi connectivity index (χ4n) is 2.29. The minimum Gasteiger partial charge on any atom is -0.316 e. The van der Waals surface area contributed by atoms with Gasteiger partial charge in [-0.25, -0.2) is 0 Å². The number of nitrogens with one attached hydrogen (secondary N) is 1. The first-order valence-corrected chi connectivity index (χ1v) is 7.00. The highest BCUT2D eigenvalue weighted by Crippen LogP contribution is 2.16. The van der Waals surface area contributed by atoms with Crippen molar-refractivity contribution in [1.29, 1.82) is 0 Å². The highest BCUT2D eigenvalue weighted by molar-refractivity contribution is 9.10. The average Bonchev–Trinajstić information content (AvgIpc) is 2.79. The van der Waals surface area contributed by atoms with Gasteiger partial charge in [-0.05, 0) is 49.5 Å². The van der Waals surface area contributed by atoms with Crippen LogP contribution in [-0.4, -0.2) is 18.9 Å². The van der Waals surface area contributed by atoms with Crippen LogP contribution in [0.5, 0.6) is 0 Å². The molecule has 1 N–H and O–H groups in total. The maximum Gasteiger partial charge on any atom is 0.137 e.